The van der Waals surface area contributed by atoms with Crippen molar-refractivity contribution in [2.45, 2.75) is 13.0 Å². The molecular formula is C20H14ClFN4O2. The Balaban J connectivity index is 1.64. The van der Waals surface area contributed by atoms with Gasteiger partial charge in [-0.15, -0.1) is 0 Å². The summed E-state index contributed by atoms with van der Waals surface area (Å²) < 4.78 is 24.5. The molecule has 0 saturated heterocycles. The molecule has 1 aliphatic rings. The van der Waals surface area contributed by atoms with Crippen LogP contribution in [0.2, 0.25) is 5.02 Å². The zero-order valence-electron chi connectivity index (χ0n) is 14.6. The van der Waals surface area contributed by atoms with Crippen LogP contribution in [0.5, 0.6) is 5.75 Å². The first kappa shape index (κ1) is 18.2. The van der Waals surface area contributed by atoms with Gasteiger partial charge in [0.25, 0.3) is 0 Å². The van der Waals surface area contributed by atoms with Gasteiger partial charge in [0.05, 0.1) is 12.3 Å². The van der Waals surface area contributed by atoms with Crippen LogP contribution in [-0.2, 0) is 17.8 Å². The van der Waals surface area contributed by atoms with Crippen LogP contribution in [0.1, 0.15) is 27.9 Å². The first-order valence-corrected chi connectivity index (χ1v) is 8.80. The van der Waals surface area contributed by atoms with E-state index >= 15 is 0 Å². The lowest BCUT2D eigenvalue weighted by atomic mass is 10.1. The van der Waals surface area contributed by atoms with Crippen molar-refractivity contribution in [2.75, 3.05) is 6.79 Å². The predicted octanol–water partition coefficient (Wildman–Crippen LogP) is 4.28. The summed E-state index contributed by atoms with van der Waals surface area (Å²) >= 11 is 6.01. The molecule has 3 aromatic rings. The van der Waals surface area contributed by atoms with Crippen molar-refractivity contribution in [1.82, 2.24) is 10.2 Å². The molecule has 4 rings (SSSR count). The predicted molar refractivity (Wildman–Crippen MR) is 101 cm³/mol. The maximum atomic E-state index is 13.8. The second kappa shape index (κ2) is 7.80. The van der Waals surface area contributed by atoms with Crippen molar-refractivity contribution < 1.29 is 13.9 Å². The van der Waals surface area contributed by atoms with Gasteiger partial charge in [0, 0.05) is 28.8 Å². The van der Waals surface area contributed by atoms with E-state index in [2.05, 4.69) is 21.3 Å². The number of nitrogens with zero attached hydrogens (tertiary/aromatic N) is 3. The van der Waals surface area contributed by atoms with Crippen LogP contribution in [0.25, 0.3) is 0 Å². The molecule has 140 valence electrons. The van der Waals surface area contributed by atoms with Crippen molar-refractivity contribution in [3.05, 3.63) is 75.2 Å². The fourth-order valence-electron chi connectivity index (χ4n) is 2.99. The number of nitriles is 1. The lowest BCUT2D eigenvalue weighted by molar-refractivity contribution is -0.0166. The number of fused-ring (bicyclic) bond motifs is 1. The van der Waals surface area contributed by atoms with E-state index in [9.17, 15) is 9.65 Å². The van der Waals surface area contributed by atoms with Gasteiger partial charge in [0.1, 0.15) is 23.2 Å². The lowest BCUT2D eigenvalue weighted by Crippen LogP contribution is -2.13. The molecule has 0 fully saturated rings. The molecule has 0 aliphatic carbocycles. The number of ether oxygens (including phenoxy) is 2. The van der Waals surface area contributed by atoms with Crippen molar-refractivity contribution in [1.29, 1.82) is 5.26 Å². The molecule has 2 heterocycles. The average Bonchev–Trinajstić information content (AvgIpc) is 3.07. The number of benzene rings is 2. The van der Waals surface area contributed by atoms with E-state index in [-0.39, 0.29) is 19.2 Å². The number of hydrogen-bond donors (Lipinski definition) is 1. The van der Waals surface area contributed by atoms with Gasteiger partial charge in [-0.1, -0.05) is 23.7 Å². The minimum atomic E-state index is -0.418. The lowest BCUT2D eigenvalue weighted by Gasteiger charge is -2.19. The summed E-state index contributed by atoms with van der Waals surface area (Å²) in [7, 11) is 0. The van der Waals surface area contributed by atoms with Crippen LogP contribution < -0.4 is 4.74 Å². The number of aromatic nitrogens is 2. The Morgan fingerprint density at radius 2 is 2.25 bits per heavy atom. The molecule has 0 unspecified atom stereocenters. The van der Waals surface area contributed by atoms with Crippen molar-refractivity contribution in [3.63, 3.8) is 0 Å². The van der Waals surface area contributed by atoms with Crippen molar-refractivity contribution >= 4 is 23.6 Å². The van der Waals surface area contributed by atoms with Gasteiger partial charge < -0.3 is 9.47 Å². The molecule has 0 amide bonds. The van der Waals surface area contributed by atoms with Gasteiger partial charge in [-0.2, -0.15) is 10.4 Å². The smallest absolute Gasteiger partial charge is 0.191 e. The highest BCUT2D eigenvalue weighted by Gasteiger charge is 2.17. The Morgan fingerprint density at radius 1 is 1.36 bits per heavy atom. The number of halogens is 2. The van der Waals surface area contributed by atoms with E-state index in [1.54, 1.807) is 6.07 Å². The van der Waals surface area contributed by atoms with Gasteiger partial charge in [-0.25, -0.2) is 9.38 Å². The summed E-state index contributed by atoms with van der Waals surface area (Å²) in [5.41, 5.74) is 2.96. The minimum absolute atomic E-state index is 0.0924. The SMILES string of the molecule is N#Cc1c(N=Cc2cc(F)cc3c2OCOC3)n[nH]c1Cc1cccc(Cl)c1. The van der Waals surface area contributed by atoms with Crippen LogP contribution in [0.15, 0.2) is 41.4 Å². The summed E-state index contributed by atoms with van der Waals surface area (Å²) in [5.74, 6) is 0.327. The zero-order chi connectivity index (χ0) is 19.5. The number of aliphatic imine (C=N–C) groups is 1. The molecule has 0 spiro atoms. The van der Waals surface area contributed by atoms with Crippen LogP contribution >= 0.6 is 11.6 Å². The summed E-state index contributed by atoms with van der Waals surface area (Å²) in [6, 6.07) is 12.2. The van der Waals surface area contributed by atoms with E-state index in [1.807, 2.05) is 18.2 Å². The van der Waals surface area contributed by atoms with Gasteiger partial charge in [0.2, 0.25) is 0 Å². The van der Waals surface area contributed by atoms with E-state index in [0.717, 1.165) is 5.56 Å². The quantitative estimate of drug-likeness (QED) is 0.667. The van der Waals surface area contributed by atoms with E-state index in [4.69, 9.17) is 21.1 Å². The van der Waals surface area contributed by atoms with E-state index in [1.165, 1.54) is 18.3 Å². The van der Waals surface area contributed by atoms with Crippen LogP contribution in [0.3, 0.4) is 0 Å². The standard InChI is InChI=1S/C20H14ClFN4O2/c21-15-3-1-2-12(4-15)5-18-17(8-23)20(26-25-18)24-9-13-6-16(22)7-14-10-27-11-28-19(13)14/h1-4,6-7,9H,5,10-11H2,(H,25,26). The molecular weight excluding hydrogens is 383 g/mol. The highest BCUT2D eigenvalue weighted by atomic mass is 35.5. The van der Waals surface area contributed by atoms with Crippen LogP contribution in [0, 0.1) is 17.1 Å². The molecule has 8 heteroatoms. The third-order valence-corrected chi connectivity index (χ3v) is 4.47. The Morgan fingerprint density at radius 3 is 3.07 bits per heavy atom. The normalized spacial score (nSPS) is 13.2. The number of H-pyrrole nitrogens is 1. The molecule has 28 heavy (non-hydrogen) atoms. The topological polar surface area (TPSA) is 83.3 Å². The highest BCUT2D eigenvalue weighted by Crippen LogP contribution is 2.29. The first-order valence-electron chi connectivity index (χ1n) is 8.43. The second-order valence-corrected chi connectivity index (χ2v) is 6.61. The molecule has 0 bridgehead atoms. The molecule has 0 saturated carbocycles. The van der Waals surface area contributed by atoms with Gasteiger partial charge in [-0.3, -0.25) is 5.10 Å². The largest absolute Gasteiger partial charge is 0.466 e. The Hall–Kier alpha value is -3.21. The maximum absolute atomic E-state index is 13.8. The number of hydrogen-bond acceptors (Lipinski definition) is 5. The third-order valence-electron chi connectivity index (χ3n) is 4.23. The maximum Gasteiger partial charge on any atom is 0.191 e. The van der Waals surface area contributed by atoms with Crippen molar-refractivity contribution in [2.24, 2.45) is 4.99 Å². The van der Waals surface area contributed by atoms with Gasteiger partial charge in [0.15, 0.2) is 12.6 Å². The number of nitrogens with one attached hydrogen (secondary N) is 1. The van der Waals surface area contributed by atoms with Gasteiger partial charge >= 0.3 is 0 Å². The van der Waals surface area contributed by atoms with Crippen molar-refractivity contribution in [3.8, 4) is 11.8 Å². The molecule has 0 atom stereocenters. The van der Waals surface area contributed by atoms with Crippen LogP contribution in [0.4, 0.5) is 10.2 Å². The van der Waals surface area contributed by atoms with E-state index < -0.39 is 5.82 Å². The molecule has 6 nitrogen and oxygen atoms in total. The fraction of sp³-hybridized carbons (Fsp3) is 0.150. The van der Waals surface area contributed by atoms with E-state index in [0.29, 0.717) is 39.6 Å². The first-order chi connectivity index (χ1) is 13.6. The number of rotatable bonds is 4. The third kappa shape index (κ3) is 3.74. The highest BCUT2D eigenvalue weighted by molar-refractivity contribution is 6.30. The fourth-order valence-corrected chi connectivity index (χ4v) is 3.21. The van der Waals surface area contributed by atoms with Crippen LogP contribution in [-0.4, -0.2) is 23.2 Å². The summed E-state index contributed by atoms with van der Waals surface area (Å²) in [6.45, 7) is 0.360. The molecule has 1 aliphatic heterocycles. The average molecular weight is 397 g/mol. The summed E-state index contributed by atoms with van der Waals surface area (Å²) in [6.07, 6.45) is 1.90. The molecule has 1 N–H and O–H groups in total. The summed E-state index contributed by atoms with van der Waals surface area (Å²) in [5, 5.41) is 17.1. The Kier molecular flexibility index (Phi) is 5.06. The molecule has 0 radical (unpaired) electrons. The summed E-state index contributed by atoms with van der Waals surface area (Å²) in [4.78, 5) is 4.27. The molecule has 1 aromatic heterocycles. The molecule has 2 aromatic carbocycles. The second-order valence-electron chi connectivity index (χ2n) is 6.17. The minimum Gasteiger partial charge on any atom is -0.466 e. The zero-order valence-corrected chi connectivity index (χ0v) is 15.3. The van der Waals surface area contributed by atoms with Gasteiger partial charge in [-0.05, 0) is 29.8 Å². The Labute approximate surface area is 165 Å². The Bertz CT molecular complexity index is 1100. The monoisotopic (exact) mass is 396 g/mol. The number of aromatic amines is 1.